The quantitative estimate of drug-likeness (QED) is 0.0552. The van der Waals surface area contributed by atoms with E-state index < -0.39 is 30.1 Å². The maximum absolute atomic E-state index is 16.2. The summed E-state index contributed by atoms with van der Waals surface area (Å²) in [4.78, 5) is 43.0. The number of anilines is 1. The number of carbonyl (C=O) groups excluding carboxylic acids is 2. The van der Waals surface area contributed by atoms with Gasteiger partial charge in [0.1, 0.15) is 35.8 Å². The second-order valence-corrected chi connectivity index (χ2v) is 24.0. The largest absolute Gasteiger partial charge is 0.490 e. The summed E-state index contributed by atoms with van der Waals surface area (Å²) >= 11 is 0. The molecule has 420 valence electrons. The minimum absolute atomic E-state index is 0.0184. The number of benzene rings is 3. The molecule has 7 aliphatic rings. The van der Waals surface area contributed by atoms with Crippen molar-refractivity contribution in [1.82, 2.24) is 60.5 Å². The number of hydrogen-bond acceptors (Lipinski definition) is 15. The van der Waals surface area contributed by atoms with Gasteiger partial charge in [-0.3, -0.25) is 19.4 Å². The van der Waals surface area contributed by atoms with Crippen molar-refractivity contribution >= 4 is 39.4 Å². The van der Waals surface area contributed by atoms with Crippen LogP contribution in [-0.2, 0) is 26.3 Å². The number of aryl methyl sites for hydroxylation is 1. The molecule has 3 saturated heterocycles. The predicted molar refractivity (Wildman–Crippen MR) is 296 cm³/mol. The Morgan fingerprint density at radius 3 is 2.50 bits per heavy atom. The Bertz CT molecular complexity index is 3500. The number of fused-ring (bicyclic) bond motifs is 4. The van der Waals surface area contributed by atoms with Crippen molar-refractivity contribution < 1.29 is 38.4 Å². The van der Waals surface area contributed by atoms with Gasteiger partial charge in [0.15, 0.2) is 5.75 Å². The Hall–Kier alpha value is -7.07. The molecule has 0 radical (unpaired) electrons. The molecule has 0 spiro atoms. The number of methoxy groups -OCH3 is 1. The first-order valence-corrected chi connectivity index (χ1v) is 28.4. The van der Waals surface area contributed by atoms with Crippen LogP contribution in [0.4, 0.5) is 10.2 Å². The standard InChI is InChI=1S/C59H70FN13O7/c1-7-72-46(14-15-63-72)36-12-10-35(11-13-36)45(25-74)64-55(76)47-17-39(75)23-71(47)56(77)52(31(2)3)73-24-48(68-69-73)59-27-58(28-59,29-59)30-80-53-50(49-33(5)43(60)19-44-42(49)21-62-67-44)40(34-8-9-34)18-41-51(53)65-57(79-26-32(4)78-6)66-54(41)70-22-37-16-38(70)20-61-37/h10-15,18-19,21,24,31-32,34,37-39,45,47,52,61,74-75H,7-9,16-17,20,22-23,25-30H2,1-6H3,(H,62,67)(H,64,76)/t32-,37+,38+,39+,45-,47-,52-,58?,59?/m0/s1. The second-order valence-electron chi connectivity index (χ2n) is 24.0. The minimum Gasteiger partial charge on any atom is -0.490 e. The minimum atomic E-state index is -0.964. The fourth-order valence-electron chi connectivity index (χ4n) is 13.9. The van der Waals surface area contributed by atoms with Gasteiger partial charge >= 0.3 is 6.01 Å². The predicted octanol–water partition coefficient (Wildman–Crippen LogP) is 6.45. The number of aromatic amines is 1. The van der Waals surface area contributed by atoms with Crippen molar-refractivity contribution in [3.63, 3.8) is 0 Å². The number of rotatable bonds is 20. The van der Waals surface area contributed by atoms with Crippen LogP contribution in [0.15, 0.2) is 61.1 Å². The highest BCUT2D eigenvalue weighted by atomic mass is 19.1. The number of nitrogens with one attached hydrogen (secondary N) is 3. The van der Waals surface area contributed by atoms with Crippen molar-refractivity contribution in [1.29, 1.82) is 0 Å². The molecular weight excluding hydrogens is 1020 g/mol. The molecule has 5 N–H and O–H groups in total. The number of likely N-dealkylation sites (tertiary alicyclic amines) is 1. The van der Waals surface area contributed by atoms with E-state index in [1.165, 1.54) is 11.0 Å². The number of carbonyl (C=O) groups is 2. The summed E-state index contributed by atoms with van der Waals surface area (Å²) in [6.45, 7) is 12.3. The lowest BCUT2D eigenvalue weighted by Crippen LogP contribution is -2.66. The normalized spacial score (nSPS) is 25.1. The lowest BCUT2D eigenvalue weighted by atomic mass is 9.34. The highest BCUT2D eigenvalue weighted by molar-refractivity contribution is 6.06. The fourth-order valence-corrected chi connectivity index (χ4v) is 13.9. The van der Waals surface area contributed by atoms with Gasteiger partial charge < -0.3 is 44.9 Å². The van der Waals surface area contributed by atoms with E-state index in [-0.39, 0.29) is 78.7 Å². The molecule has 7 fully saturated rings. The highest BCUT2D eigenvalue weighted by Gasteiger charge is 2.70. The van der Waals surface area contributed by atoms with E-state index in [1.807, 2.05) is 75.8 Å². The third-order valence-corrected chi connectivity index (χ3v) is 18.2. The first kappa shape index (κ1) is 52.3. The Morgan fingerprint density at radius 2 is 1.80 bits per heavy atom. The van der Waals surface area contributed by atoms with Crippen molar-refractivity contribution in [3.8, 4) is 34.1 Å². The molecule has 7 heterocycles. The topological polar surface area (TPSA) is 236 Å². The van der Waals surface area contributed by atoms with Gasteiger partial charge in [0.25, 0.3) is 0 Å². The molecule has 2 amide bonds. The Kier molecular flexibility index (Phi) is 13.2. The Labute approximate surface area is 462 Å². The van der Waals surface area contributed by atoms with E-state index in [0.29, 0.717) is 47.1 Å². The van der Waals surface area contributed by atoms with E-state index in [9.17, 15) is 19.8 Å². The van der Waals surface area contributed by atoms with E-state index in [2.05, 4.69) is 42.1 Å². The van der Waals surface area contributed by atoms with Gasteiger partial charge in [-0.15, -0.1) is 5.10 Å². The number of H-pyrrole nitrogens is 1. The lowest BCUT2D eigenvalue weighted by molar-refractivity contribution is -0.164. The van der Waals surface area contributed by atoms with Gasteiger partial charge in [-0.1, -0.05) is 43.3 Å². The van der Waals surface area contributed by atoms with Crippen LogP contribution < -0.4 is 25.0 Å². The summed E-state index contributed by atoms with van der Waals surface area (Å²) < 4.78 is 38.9. The van der Waals surface area contributed by atoms with E-state index in [1.54, 1.807) is 24.2 Å². The third-order valence-electron chi connectivity index (χ3n) is 18.2. The summed E-state index contributed by atoms with van der Waals surface area (Å²) in [6, 6.07) is 11.6. The zero-order chi connectivity index (χ0) is 55.4. The average Bonchev–Trinajstić information content (AvgIpc) is 4.19. The van der Waals surface area contributed by atoms with Crippen LogP contribution in [0.1, 0.15) is 113 Å². The monoisotopic (exact) mass is 1090 g/mol. The van der Waals surface area contributed by atoms with Crippen LogP contribution in [0.3, 0.4) is 0 Å². The average molecular weight is 1090 g/mol. The summed E-state index contributed by atoms with van der Waals surface area (Å²) in [5.41, 5.74) is 7.30. The SMILES string of the molecule is CCn1nccc1-c1ccc([C@H](CO)NC(=O)[C@@H]2C[C@@H](O)CN2C(=O)[C@H](C(C)C)n2cc(C34CC(COc5c(-c6c(C)c(F)cc7[nH]ncc67)c(C6CC6)cc6c(N7C[C@H]8C[C@@H]7CN8)nc(OC[C@H](C)OC)nc56)(C3)C4)nn2)cc1. The van der Waals surface area contributed by atoms with Crippen LogP contribution in [0.2, 0.25) is 0 Å². The Balaban J connectivity index is 0.766. The number of piperazine rings is 1. The lowest BCUT2D eigenvalue weighted by Gasteiger charge is -2.69. The molecule has 80 heavy (non-hydrogen) atoms. The van der Waals surface area contributed by atoms with Crippen LogP contribution in [0.5, 0.6) is 11.8 Å². The second kappa shape index (κ2) is 20.2. The maximum Gasteiger partial charge on any atom is 0.319 e. The number of ether oxygens (including phenoxy) is 3. The molecule has 7 atom stereocenters. The molecular formula is C59H70FN13O7. The summed E-state index contributed by atoms with van der Waals surface area (Å²) in [5.74, 6) is 0.246. The number of aliphatic hydroxyl groups excluding tert-OH is 2. The van der Waals surface area contributed by atoms with Crippen LogP contribution >= 0.6 is 0 Å². The smallest absolute Gasteiger partial charge is 0.319 e. The van der Waals surface area contributed by atoms with Gasteiger partial charge in [0, 0.05) is 96.9 Å². The number of aromatic nitrogens is 9. The number of amides is 2. The summed E-state index contributed by atoms with van der Waals surface area (Å²) in [5, 5.41) is 50.8. The van der Waals surface area contributed by atoms with Crippen molar-refractivity contribution in [2.75, 3.05) is 51.5 Å². The van der Waals surface area contributed by atoms with Crippen molar-refractivity contribution in [3.05, 3.63) is 89.3 Å². The van der Waals surface area contributed by atoms with Gasteiger partial charge in [0.2, 0.25) is 11.8 Å². The van der Waals surface area contributed by atoms with Gasteiger partial charge in [-0.05, 0) is 112 Å². The van der Waals surface area contributed by atoms with Gasteiger partial charge in [-0.25, -0.2) is 9.07 Å². The van der Waals surface area contributed by atoms with Crippen LogP contribution in [0, 0.1) is 24.1 Å². The highest BCUT2D eigenvalue weighted by Crippen LogP contribution is 2.73. The molecule has 4 aliphatic carbocycles. The van der Waals surface area contributed by atoms with Crippen LogP contribution in [0.25, 0.3) is 44.2 Å². The first-order chi connectivity index (χ1) is 38.7. The summed E-state index contributed by atoms with van der Waals surface area (Å²) in [7, 11) is 1.65. The van der Waals surface area contributed by atoms with Crippen molar-refractivity contribution in [2.45, 2.75) is 140 Å². The number of hydrogen-bond donors (Lipinski definition) is 5. The fraction of sp³-hybridized carbons (Fsp3) is 0.525. The number of β-amino-alcohol motifs (C(OH)–C–C–N with tert-alkyl or cyclic N) is 1. The van der Waals surface area contributed by atoms with Crippen LogP contribution in [-0.4, -0.2) is 149 Å². The molecule has 4 aromatic heterocycles. The maximum atomic E-state index is 16.2. The Morgan fingerprint density at radius 1 is 1.00 bits per heavy atom. The zero-order valence-corrected chi connectivity index (χ0v) is 46.2. The molecule has 21 heteroatoms. The molecule has 7 aromatic rings. The molecule has 3 aliphatic heterocycles. The van der Waals surface area contributed by atoms with Gasteiger partial charge in [-0.2, -0.15) is 20.2 Å². The number of aliphatic hydroxyl groups is 2. The molecule has 20 nitrogen and oxygen atoms in total. The van der Waals surface area contributed by atoms with Crippen molar-refractivity contribution in [2.24, 2.45) is 11.3 Å². The zero-order valence-electron chi connectivity index (χ0n) is 46.2. The molecule has 4 saturated carbocycles. The first-order valence-electron chi connectivity index (χ1n) is 28.4. The van der Waals surface area contributed by atoms with Gasteiger partial charge in [0.05, 0.1) is 54.6 Å². The number of halogens is 1. The van der Waals surface area contributed by atoms with E-state index in [4.69, 9.17) is 29.3 Å². The molecule has 3 aromatic carbocycles. The summed E-state index contributed by atoms with van der Waals surface area (Å²) in [6.07, 6.45) is 9.70. The molecule has 4 bridgehead atoms. The van der Waals surface area contributed by atoms with E-state index >= 15 is 4.39 Å². The molecule has 0 unspecified atom stereocenters. The van der Waals surface area contributed by atoms with E-state index in [0.717, 1.165) is 102 Å². The number of nitrogens with zero attached hydrogens (tertiary/aromatic N) is 10. The third kappa shape index (κ3) is 8.94. The molecule has 14 rings (SSSR count).